The summed E-state index contributed by atoms with van der Waals surface area (Å²) < 4.78 is 148. The van der Waals surface area contributed by atoms with Gasteiger partial charge < -0.3 is 128 Å². The highest BCUT2D eigenvalue weighted by atomic mass is 32.7. The predicted octanol–water partition coefficient (Wildman–Crippen LogP) is 0.388. The van der Waals surface area contributed by atoms with Gasteiger partial charge in [-0.25, -0.2) is 38.1 Å². The van der Waals surface area contributed by atoms with Gasteiger partial charge in [0, 0.05) is 134 Å². The van der Waals surface area contributed by atoms with E-state index in [1.54, 1.807) is 13.8 Å². The van der Waals surface area contributed by atoms with Gasteiger partial charge in [-0.3, -0.25) is 89.9 Å². The molecule has 0 saturated carbocycles. The molecule has 7 saturated heterocycles. The lowest BCUT2D eigenvalue weighted by Crippen LogP contribution is -2.33. The van der Waals surface area contributed by atoms with E-state index in [4.69, 9.17) is 179 Å². The molecule has 14 rings (SSSR count). The fraction of sp³-hybridized carbons (Fsp3) is 0.606. The number of H-pyrrole nitrogens is 5. The second-order valence-corrected chi connectivity index (χ2v) is 53.1. The van der Waals surface area contributed by atoms with E-state index in [9.17, 15) is 91.5 Å². The summed E-state index contributed by atoms with van der Waals surface area (Å²) in [5.41, 5.74) is 2.83. The Morgan fingerprint density at radius 2 is 0.532 bits per heavy atom. The number of hydrogen-bond donors (Lipinski definition) is 14. The first-order valence-electron chi connectivity index (χ1n) is 42.3. The van der Waals surface area contributed by atoms with Gasteiger partial charge >= 0.3 is 86.9 Å². The minimum Gasteiger partial charge on any atom is -0.383 e. The molecule has 0 amide bonds. The Morgan fingerprint density at radius 3 is 0.780 bits per heavy atom. The predicted molar refractivity (Wildman–Crippen MR) is 513 cm³/mol. The maximum Gasteiger partial charge on any atom is 0.386 e. The van der Waals surface area contributed by atoms with E-state index in [0.717, 1.165) is 51.5 Å². The summed E-state index contributed by atoms with van der Waals surface area (Å²) in [7, 11) is 1.10. The van der Waals surface area contributed by atoms with Crippen molar-refractivity contribution in [3.8, 4) is 0 Å². The van der Waals surface area contributed by atoms with Crippen LogP contribution in [0.25, 0.3) is 0 Å². The van der Waals surface area contributed by atoms with E-state index in [1.807, 2.05) is 0 Å². The Bertz CT molecular complexity index is 7080. The maximum absolute atomic E-state index is 14.7. The van der Waals surface area contributed by atoms with Gasteiger partial charge in [-0.2, -0.15) is 9.97 Å². The Hall–Kier alpha value is -5.84. The van der Waals surface area contributed by atoms with Crippen LogP contribution < -0.4 is 79.1 Å². The van der Waals surface area contributed by atoms with Crippen LogP contribution in [-0.2, 0) is 172 Å². The largest absolute Gasteiger partial charge is 0.386 e. The van der Waals surface area contributed by atoms with Crippen molar-refractivity contribution >= 4 is 142 Å². The Morgan fingerprint density at radius 1 is 0.333 bits per heavy atom. The molecule has 778 valence electrons. The number of nitrogen functional groups attached to an aromatic ring is 2. The minimum absolute atomic E-state index is 0.0116. The van der Waals surface area contributed by atoms with Crippen molar-refractivity contribution < 1.29 is 130 Å². The third kappa shape index (κ3) is 27.5. The van der Waals surface area contributed by atoms with Crippen LogP contribution in [-0.4, -0.2) is 228 Å². The van der Waals surface area contributed by atoms with E-state index >= 15 is 0 Å². The zero-order valence-corrected chi connectivity index (χ0v) is 87.2. The highest BCUT2D eigenvalue weighted by molar-refractivity contribution is 8.44. The van der Waals surface area contributed by atoms with Crippen LogP contribution in [0.15, 0.2) is 101 Å². The Labute approximate surface area is 828 Å². The van der Waals surface area contributed by atoms with Crippen molar-refractivity contribution in [1.29, 1.82) is 0 Å². The van der Waals surface area contributed by atoms with Crippen molar-refractivity contribution in [2.45, 2.75) is 229 Å². The number of nitrogens with one attached hydrogen (secondary N) is 5. The number of anilines is 2. The van der Waals surface area contributed by atoms with Crippen LogP contribution in [0.2, 0.25) is 0 Å². The monoisotopic (exact) mass is 2250 g/mol. The molecule has 0 aromatic carbocycles. The van der Waals surface area contributed by atoms with Gasteiger partial charge in [0.05, 0.1) is 82.4 Å². The molecule has 15 N–H and O–H groups in total. The van der Waals surface area contributed by atoms with Gasteiger partial charge in [0.15, 0.2) is 0 Å². The van der Waals surface area contributed by atoms with Crippen LogP contribution in [0.1, 0.15) is 134 Å². The van der Waals surface area contributed by atoms with E-state index < -0.39 is 303 Å². The van der Waals surface area contributed by atoms with Gasteiger partial charge in [0.1, 0.15) is 98.0 Å². The molecule has 7 aliphatic heterocycles. The summed E-state index contributed by atoms with van der Waals surface area (Å²) in [5.74, 6) is -0.203. The quantitative estimate of drug-likeness (QED) is 0.0182. The first-order chi connectivity index (χ1) is 65.9. The molecular weight excluding hydrogens is 2160 g/mol. The van der Waals surface area contributed by atoms with Crippen molar-refractivity contribution in [1.82, 2.24) is 66.9 Å². The van der Waals surface area contributed by atoms with E-state index in [-0.39, 0.29) is 65.1 Å². The molecule has 14 heterocycles. The molecule has 0 aliphatic carbocycles. The number of nitrogens with zero attached hydrogens (tertiary/aromatic N) is 9. The number of hydrogen-bond acceptors (Lipinski definition) is 44. The second-order valence-electron chi connectivity index (χ2n) is 33.4. The van der Waals surface area contributed by atoms with Gasteiger partial charge in [0.2, 0.25) is 0 Å². The van der Waals surface area contributed by atoms with Crippen LogP contribution in [0.5, 0.6) is 0 Å². The maximum atomic E-state index is 14.7. The van der Waals surface area contributed by atoms with Crippen LogP contribution in [0.4, 0.5) is 11.6 Å². The van der Waals surface area contributed by atoms with Crippen molar-refractivity contribution in [2.24, 2.45) is 0 Å². The summed E-state index contributed by atoms with van der Waals surface area (Å²) >= 11 is 37.2. The van der Waals surface area contributed by atoms with E-state index in [0.29, 0.717) is 11.1 Å². The molecule has 0 bridgehead atoms. The van der Waals surface area contributed by atoms with E-state index in [2.05, 4.69) is 47.1 Å². The number of rotatable bonds is 40. The first kappa shape index (κ1) is 111. The lowest BCUT2D eigenvalue weighted by atomic mass is 10.2. The molecule has 7 unspecified atom stereocenters. The summed E-state index contributed by atoms with van der Waals surface area (Å²) in [6.07, 6.45) is -22.1. The summed E-state index contributed by atoms with van der Waals surface area (Å²) in [6.45, 7) is -25.2. The summed E-state index contributed by atoms with van der Waals surface area (Å²) in [6, 6.07) is 0. The normalized spacial score (nSPS) is 29.9. The molecule has 7 aromatic heterocycles. The zero-order chi connectivity index (χ0) is 103. The fourth-order valence-electron chi connectivity index (χ4n) is 15.9. The Balaban J connectivity index is 0.664. The van der Waals surface area contributed by atoms with Crippen LogP contribution in [0, 0.1) is 48.5 Å². The highest BCUT2D eigenvalue weighted by Gasteiger charge is 2.52. The summed E-state index contributed by atoms with van der Waals surface area (Å²) in [4.78, 5) is 245. The molecule has 28 atom stereocenters. The lowest BCUT2D eigenvalue weighted by molar-refractivity contribution is -0.0578. The third-order valence-electron chi connectivity index (χ3n) is 23.2. The molecule has 56 nitrogen and oxygen atoms in total. The summed E-state index contributed by atoms with van der Waals surface area (Å²) in [5, 5.41) is 0. The van der Waals surface area contributed by atoms with Crippen LogP contribution in [0.3, 0.4) is 0 Å². The number of aromatic nitrogens is 14. The third-order valence-corrected chi connectivity index (χ3v) is 34.5. The number of aromatic amines is 5. The molecule has 7 aromatic rings. The van der Waals surface area contributed by atoms with Crippen LogP contribution >= 0.6 is 59.4 Å². The van der Waals surface area contributed by atoms with Gasteiger partial charge in [-0.05, 0) is 126 Å². The minimum atomic E-state index is -4.83. The molecule has 7 fully saturated rings. The average molecular weight is 2260 g/mol. The zero-order valence-electron chi connectivity index (χ0n) is 75.1. The Kier molecular flexibility index (Phi) is 35.0. The lowest BCUT2D eigenvalue weighted by Gasteiger charge is -2.28. The smallest absolute Gasteiger partial charge is 0.383 e. The molecule has 70 heteroatoms. The van der Waals surface area contributed by atoms with Gasteiger partial charge in [0.25, 0.3) is 27.8 Å². The first-order valence-corrected chi connectivity index (χ1v) is 60.5. The fourth-order valence-corrected chi connectivity index (χ4v) is 25.8. The SMILES string of the molecule is COP(O)(=S)O[C@@H]1C[C@H](n2cc(C)c(N)nc2=O)O[C@@H]1COP(O)(=S)O[C@@H]1C[C@H](n2cc(C)c(=O)[nH]c2=O)O[C@@H]1COP(O)(=S)O[C@@H]1C[C@H](n2cc(C)c(N)nc2=O)O[C@@H]1COP(O)(=S)O[C@@H]1C[C@H](n2cc(C)c(=O)[nH]c2=O)O[C@@H]1COP(O)(=S)O[C@@H]1C[C@H](n2cc(C)c(=O)[nH]c2=O)O[C@@H]1COP(=O)(S)O[C@@H]1C[C@H](n2cc(C)c(=O)[nH]c2=O)O[C@@H]1COP(O)(=S)O[C@@H]1C[C@H](n2cc(C)c(=O)[nH]c2=O)O[C@@H]1C. The second kappa shape index (κ2) is 44.5. The molecular formula is C71H97N16O40P7S7. The molecule has 0 radical (unpaired) electrons. The number of thiol groups is 1. The van der Waals surface area contributed by atoms with Gasteiger partial charge in [-0.15, -0.1) is 0 Å². The standard InChI is InChI=1S/C71H97N16O40P7S7/c1-30-17-81(65(93)74-58(30)72)52-11-39(122-128(100,135)107-9)45(115-52)24-109-130(102,137)125-42-14-55(85-21-34(5)62(90)78-69(85)97)118-48(42)27-111-131(103,138)123-40-12-53(82-18-31(2)59(73)75-66(82)94)116-47(40)26-110-132(104,139)126-43-15-56(86-22-35(6)63(91)79-70(86)98)120-50(43)29-113-134(106,141)127-44-16-57(87-23-36(7)64(92)80-71(87)99)119-49(44)28-112-133(105,140)124-41-13-54(84-20-33(4)61(89)77-68(84)96)117-46(41)25-108-129(101,136)121-38-10-51(114-37(38)8)83-19-32(3)60(88)76-67(83)95/h17-23,37-57H,10-16,24-29H2,1-9H3,(H,100,135)(H,101,136)(H,102,137)(H,103,138)(H,104,139)(H,105,140)(H,106,141)(H2,72,74,93)(H2,73,75,94)(H,76,88,95)(H,77,89,96)(H,78,90,97)(H,79,91,98)(H,80,92,99)/t37-,38-,39-,40-,41-,42-,43-,44-,45-,46-,47-,48-,49-,50-,51-,52-,53-,54-,55-,56-,57-,128?,129?,130?,131?,132?,133?,134?/m1/s1. The number of nitrogens with two attached hydrogens (primary N) is 2. The number of aryl methyl sites for hydroxylation is 7. The molecule has 7 aliphatic rings. The molecule has 0 spiro atoms. The number of ether oxygens (including phenoxy) is 7. The van der Waals surface area contributed by atoms with Crippen molar-refractivity contribution in [3.05, 3.63) is 207 Å². The van der Waals surface area contributed by atoms with Gasteiger partial charge in [-0.1, -0.05) is 12.2 Å². The van der Waals surface area contributed by atoms with E-state index in [1.165, 1.54) is 72.5 Å². The molecule has 141 heavy (non-hydrogen) atoms. The highest BCUT2D eigenvalue weighted by Crippen LogP contribution is 2.60. The van der Waals surface area contributed by atoms with Crippen molar-refractivity contribution in [2.75, 3.05) is 58.2 Å². The topological polar surface area (TPSA) is 728 Å². The van der Waals surface area contributed by atoms with Crippen molar-refractivity contribution in [3.63, 3.8) is 0 Å². The average Bonchev–Trinajstić information content (AvgIpc) is 1.66.